The second kappa shape index (κ2) is 5.39. The number of nitrogens with one attached hydrogen (secondary N) is 1. The minimum absolute atomic E-state index is 0.330. The fourth-order valence-corrected chi connectivity index (χ4v) is 1.75. The van der Waals surface area contributed by atoms with E-state index in [1.54, 1.807) is 24.5 Å². The minimum Gasteiger partial charge on any atom is -0.270 e. The van der Waals surface area contributed by atoms with Gasteiger partial charge in [-0.3, -0.25) is 5.84 Å². The van der Waals surface area contributed by atoms with Crippen LogP contribution in [0.15, 0.2) is 30.6 Å². The van der Waals surface area contributed by atoms with Crippen LogP contribution >= 0.6 is 11.6 Å². The van der Waals surface area contributed by atoms with Gasteiger partial charge in [0, 0.05) is 23.0 Å². The maximum absolute atomic E-state index is 13.8. The fraction of sp³-hybridized carbons (Fsp3) is 0.167. The van der Waals surface area contributed by atoms with Gasteiger partial charge in [0.05, 0.1) is 0 Å². The summed E-state index contributed by atoms with van der Waals surface area (Å²) in [5.41, 5.74) is 3.78. The Kier molecular flexibility index (Phi) is 3.86. The third-order valence-electron chi connectivity index (χ3n) is 2.50. The van der Waals surface area contributed by atoms with Crippen molar-refractivity contribution in [1.29, 1.82) is 0 Å². The van der Waals surface area contributed by atoms with Gasteiger partial charge in [0.1, 0.15) is 11.9 Å². The largest absolute Gasteiger partial charge is 0.270 e. The van der Waals surface area contributed by atoms with Crippen LogP contribution in [-0.4, -0.2) is 9.97 Å². The zero-order valence-corrected chi connectivity index (χ0v) is 10.4. The second-order valence-electron chi connectivity index (χ2n) is 3.88. The molecule has 0 bridgehead atoms. The summed E-state index contributed by atoms with van der Waals surface area (Å²) in [6, 6.07) is 3.78. The lowest BCUT2D eigenvalue weighted by Crippen LogP contribution is -2.31. The van der Waals surface area contributed by atoms with Gasteiger partial charge in [0.2, 0.25) is 0 Å². The van der Waals surface area contributed by atoms with E-state index in [9.17, 15) is 4.39 Å². The molecule has 1 aromatic heterocycles. The lowest BCUT2D eigenvalue weighted by Gasteiger charge is -2.15. The zero-order chi connectivity index (χ0) is 13.1. The van der Waals surface area contributed by atoms with Gasteiger partial charge >= 0.3 is 0 Å². The molecule has 1 atom stereocenters. The van der Waals surface area contributed by atoms with E-state index < -0.39 is 11.9 Å². The van der Waals surface area contributed by atoms with Crippen molar-refractivity contribution >= 4 is 11.6 Å². The van der Waals surface area contributed by atoms with Crippen LogP contribution in [0.4, 0.5) is 4.39 Å². The maximum atomic E-state index is 13.8. The molecule has 1 heterocycles. The van der Waals surface area contributed by atoms with E-state index in [-0.39, 0.29) is 0 Å². The van der Waals surface area contributed by atoms with E-state index in [1.165, 1.54) is 6.07 Å². The molecule has 94 valence electrons. The number of benzene rings is 1. The molecule has 0 aliphatic carbocycles. The van der Waals surface area contributed by atoms with Crippen molar-refractivity contribution in [2.45, 2.75) is 13.0 Å². The van der Waals surface area contributed by atoms with Crippen molar-refractivity contribution in [3.8, 4) is 0 Å². The Hall–Kier alpha value is -1.56. The SMILES string of the molecule is Cc1cnc(C(NN)c2ccc(Cl)cc2F)nc1. The molecule has 18 heavy (non-hydrogen) atoms. The van der Waals surface area contributed by atoms with Crippen molar-refractivity contribution < 1.29 is 4.39 Å². The van der Waals surface area contributed by atoms with E-state index in [2.05, 4.69) is 15.4 Å². The van der Waals surface area contributed by atoms with Crippen LogP contribution in [0, 0.1) is 12.7 Å². The van der Waals surface area contributed by atoms with Crippen molar-refractivity contribution in [3.63, 3.8) is 0 Å². The van der Waals surface area contributed by atoms with Crippen molar-refractivity contribution in [1.82, 2.24) is 15.4 Å². The first kappa shape index (κ1) is 12.9. The molecule has 0 aliphatic heterocycles. The third-order valence-corrected chi connectivity index (χ3v) is 2.73. The first-order valence-electron chi connectivity index (χ1n) is 5.31. The highest BCUT2D eigenvalue weighted by Gasteiger charge is 2.19. The summed E-state index contributed by atoms with van der Waals surface area (Å²) < 4.78 is 13.8. The van der Waals surface area contributed by atoms with Crippen LogP contribution in [0.5, 0.6) is 0 Å². The number of hydrazine groups is 1. The van der Waals surface area contributed by atoms with Gasteiger partial charge in [-0.15, -0.1) is 0 Å². The van der Waals surface area contributed by atoms with Gasteiger partial charge in [0.15, 0.2) is 5.82 Å². The smallest absolute Gasteiger partial charge is 0.151 e. The van der Waals surface area contributed by atoms with E-state index in [0.29, 0.717) is 16.4 Å². The number of aromatic nitrogens is 2. The second-order valence-corrected chi connectivity index (χ2v) is 4.32. The highest BCUT2D eigenvalue weighted by molar-refractivity contribution is 6.30. The quantitative estimate of drug-likeness (QED) is 0.660. The van der Waals surface area contributed by atoms with Gasteiger partial charge in [0.25, 0.3) is 0 Å². The summed E-state index contributed by atoms with van der Waals surface area (Å²) in [5, 5.41) is 0.330. The van der Waals surface area contributed by atoms with E-state index in [1.807, 2.05) is 6.92 Å². The summed E-state index contributed by atoms with van der Waals surface area (Å²) in [4.78, 5) is 8.27. The number of halogens is 2. The first-order valence-corrected chi connectivity index (χ1v) is 5.69. The monoisotopic (exact) mass is 266 g/mol. The Morgan fingerprint density at radius 3 is 2.56 bits per heavy atom. The molecule has 0 radical (unpaired) electrons. The maximum Gasteiger partial charge on any atom is 0.151 e. The van der Waals surface area contributed by atoms with Crippen molar-refractivity contribution in [3.05, 3.63) is 58.4 Å². The molecule has 6 heteroatoms. The van der Waals surface area contributed by atoms with Crippen LogP contribution in [0.2, 0.25) is 5.02 Å². The highest BCUT2D eigenvalue weighted by atomic mass is 35.5. The third kappa shape index (κ3) is 2.64. The van der Waals surface area contributed by atoms with Crippen LogP contribution in [-0.2, 0) is 0 Å². The molecule has 0 saturated carbocycles. The van der Waals surface area contributed by atoms with Crippen LogP contribution in [0.25, 0.3) is 0 Å². The Morgan fingerprint density at radius 1 is 1.33 bits per heavy atom. The number of hydrogen-bond acceptors (Lipinski definition) is 4. The van der Waals surface area contributed by atoms with Crippen LogP contribution < -0.4 is 11.3 Å². The summed E-state index contributed by atoms with van der Waals surface area (Å²) >= 11 is 5.71. The molecular formula is C12H12ClFN4. The fourth-order valence-electron chi connectivity index (χ4n) is 1.59. The van der Waals surface area contributed by atoms with Crippen molar-refractivity contribution in [2.24, 2.45) is 5.84 Å². The highest BCUT2D eigenvalue weighted by Crippen LogP contribution is 2.23. The molecular weight excluding hydrogens is 255 g/mol. The Morgan fingerprint density at radius 2 is 2.00 bits per heavy atom. The lowest BCUT2D eigenvalue weighted by atomic mass is 10.1. The summed E-state index contributed by atoms with van der Waals surface area (Å²) in [5.74, 6) is 5.41. The molecule has 2 rings (SSSR count). The molecule has 2 aromatic rings. The number of nitrogens with two attached hydrogens (primary N) is 1. The predicted octanol–water partition coefficient (Wildman–Crippen LogP) is 2.13. The van der Waals surface area contributed by atoms with Gasteiger partial charge < -0.3 is 0 Å². The molecule has 1 aromatic carbocycles. The van der Waals surface area contributed by atoms with E-state index in [0.717, 1.165) is 5.56 Å². The van der Waals surface area contributed by atoms with Gasteiger partial charge in [-0.2, -0.15) is 0 Å². The van der Waals surface area contributed by atoms with Gasteiger partial charge in [-0.1, -0.05) is 17.7 Å². The van der Waals surface area contributed by atoms with Gasteiger partial charge in [-0.05, 0) is 24.6 Å². The molecule has 0 amide bonds. The topological polar surface area (TPSA) is 63.8 Å². The molecule has 3 N–H and O–H groups in total. The number of nitrogens with zero attached hydrogens (tertiary/aromatic N) is 2. The molecule has 4 nitrogen and oxygen atoms in total. The van der Waals surface area contributed by atoms with Crippen molar-refractivity contribution in [2.75, 3.05) is 0 Å². The lowest BCUT2D eigenvalue weighted by molar-refractivity contribution is 0.543. The molecule has 0 saturated heterocycles. The zero-order valence-electron chi connectivity index (χ0n) is 9.69. The predicted molar refractivity (Wildman–Crippen MR) is 67.3 cm³/mol. The van der Waals surface area contributed by atoms with E-state index in [4.69, 9.17) is 17.4 Å². The average Bonchev–Trinajstić information content (AvgIpc) is 2.35. The Labute approximate surface area is 109 Å². The average molecular weight is 267 g/mol. The minimum atomic E-state index is -0.608. The summed E-state index contributed by atoms with van der Waals surface area (Å²) in [7, 11) is 0. The Bertz CT molecular complexity index is 544. The normalized spacial score (nSPS) is 12.4. The van der Waals surface area contributed by atoms with E-state index >= 15 is 0 Å². The van der Waals surface area contributed by atoms with Crippen LogP contribution in [0.3, 0.4) is 0 Å². The molecule has 0 aliphatic rings. The number of rotatable bonds is 3. The Balaban J connectivity index is 2.41. The first-order chi connectivity index (χ1) is 8.61. The standard InChI is InChI=1S/C12H12ClFN4/c1-7-5-16-12(17-6-7)11(18-15)9-3-2-8(13)4-10(9)14/h2-6,11,18H,15H2,1H3. The molecule has 0 spiro atoms. The molecule has 0 fully saturated rings. The molecule has 1 unspecified atom stereocenters. The van der Waals surface area contributed by atoms with Crippen LogP contribution in [0.1, 0.15) is 23.0 Å². The number of hydrogen-bond donors (Lipinski definition) is 2. The van der Waals surface area contributed by atoms with Gasteiger partial charge in [-0.25, -0.2) is 19.8 Å². The summed E-state index contributed by atoms with van der Waals surface area (Å²) in [6.45, 7) is 1.87. The summed E-state index contributed by atoms with van der Waals surface area (Å²) in [6.07, 6.45) is 3.31. The number of aryl methyl sites for hydroxylation is 1.